The summed E-state index contributed by atoms with van der Waals surface area (Å²) in [5, 5.41) is 2.31. The second-order valence-electron chi connectivity index (χ2n) is 10.1. The zero-order chi connectivity index (χ0) is 28.1. The average Bonchev–Trinajstić information content (AvgIpc) is 3.29. The molecule has 11 heteroatoms. The number of fused-ring (bicyclic) bond motifs is 1. The summed E-state index contributed by atoms with van der Waals surface area (Å²) < 4.78 is 11.3. The largest absolute Gasteiger partial charge is 0.493 e. The van der Waals surface area contributed by atoms with Crippen molar-refractivity contribution >= 4 is 29.7 Å². The van der Waals surface area contributed by atoms with Crippen molar-refractivity contribution < 1.29 is 33.4 Å². The Balaban J connectivity index is 1.04. The van der Waals surface area contributed by atoms with E-state index in [1.807, 2.05) is 30.3 Å². The fourth-order valence-electron chi connectivity index (χ4n) is 5.19. The Morgan fingerprint density at radius 1 is 0.950 bits per heavy atom. The lowest BCUT2D eigenvalue weighted by Crippen LogP contribution is -2.52. The van der Waals surface area contributed by atoms with Crippen LogP contribution in [0.3, 0.4) is 0 Å². The Hall–Kier alpha value is -4.41. The number of imide groups is 1. The first kappa shape index (κ1) is 27.2. The zero-order valence-electron chi connectivity index (χ0n) is 22.2. The number of carbonyl (C=O) groups is 5. The summed E-state index contributed by atoms with van der Waals surface area (Å²) in [5.41, 5.74) is 2.14. The van der Waals surface area contributed by atoms with Crippen LogP contribution in [0.5, 0.6) is 5.75 Å². The Bertz CT molecular complexity index is 1300. The summed E-state index contributed by atoms with van der Waals surface area (Å²) in [4.78, 5) is 66.4. The lowest BCUT2D eigenvalue weighted by atomic mass is 10.0. The molecule has 1 unspecified atom stereocenters. The van der Waals surface area contributed by atoms with Crippen molar-refractivity contribution in [1.29, 1.82) is 0 Å². The minimum absolute atomic E-state index is 0.00200. The van der Waals surface area contributed by atoms with Crippen molar-refractivity contribution in [3.8, 4) is 5.75 Å². The van der Waals surface area contributed by atoms with E-state index in [0.29, 0.717) is 50.4 Å². The third kappa shape index (κ3) is 6.08. The summed E-state index contributed by atoms with van der Waals surface area (Å²) in [6.07, 6.45) is 1.44. The Morgan fingerprint density at radius 3 is 2.55 bits per heavy atom. The summed E-state index contributed by atoms with van der Waals surface area (Å²) >= 11 is 0. The minimum atomic E-state index is -0.672. The van der Waals surface area contributed by atoms with Gasteiger partial charge in [0.1, 0.15) is 24.9 Å². The quantitative estimate of drug-likeness (QED) is 0.376. The number of benzene rings is 2. The van der Waals surface area contributed by atoms with Gasteiger partial charge in [0.15, 0.2) is 0 Å². The molecule has 2 aromatic carbocycles. The molecule has 2 aromatic rings. The van der Waals surface area contributed by atoms with Gasteiger partial charge in [0.25, 0.3) is 5.91 Å². The third-order valence-corrected chi connectivity index (χ3v) is 7.40. The van der Waals surface area contributed by atoms with Gasteiger partial charge in [-0.25, -0.2) is 4.79 Å². The van der Waals surface area contributed by atoms with Crippen LogP contribution in [-0.2, 0) is 32.3 Å². The molecule has 5 amide bonds. The predicted molar refractivity (Wildman–Crippen MR) is 142 cm³/mol. The second-order valence-corrected chi connectivity index (χ2v) is 10.1. The molecular formula is C29H32N4O7. The molecule has 0 spiro atoms. The van der Waals surface area contributed by atoms with E-state index in [1.54, 1.807) is 23.1 Å². The summed E-state index contributed by atoms with van der Waals surface area (Å²) in [6.45, 7) is 2.25. The first-order valence-corrected chi connectivity index (χ1v) is 13.5. The van der Waals surface area contributed by atoms with E-state index < -0.39 is 18.0 Å². The molecule has 2 saturated heterocycles. The van der Waals surface area contributed by atoms with Crippen LogP contribution < -0.4 is 10.1 Å². The highest BCUT2D eigenvalue weighted by atomic mass is 16.6. The zero-order valence-corrected chi connectivity index (χ0v) is 22.2. The molecule has 3 heterocycles. The number of hydrogen-bond acceptors (Lipinski definition) is 7. The van der Waals surface area contributed by atoms with Gasteiger partial charge in [-0.3, -0.25) is 29.4 Å². The number of carbonyl (C=O) groups excluding carboxylic acids is 5. The van der Waals surface area contributed by atoms with Gasteiger partial charge in [-0.05, 0) is 37.0 Å². The Kier molecular flexibility index (Phi) is 8.28. The molecule has 3 aliphatic heterocycles. The maximum atomic E-state index is 13.0. The molecule has 0 bridgehead atoms. The third-order valence-electron chi connectivity index (χ3n) is 7.40. The van der Waals surface area contributed by atoms with Crippen molar-refractivity contribution in [1.82, 2.24) is 20.0 Å². The van der Waals surface area contributed by atoms with Crippen LogP contribution in [0, 0.1) is 0 Å². The normalized spacial score (nSPS) is 19.0. The lowest BCUT2D eigenvalue weighted by Gasteiger charge is -2.33. The van der Waals surface area contributed by atoms with Gasteiger partial charge in [0.2, 0.25) is 17.7 Å². The summed E-state index contributed by atoms with van der Waals surface area (Å²) in [7, 11) is 0. The first-order valence-electron chi connectivity index (χ1n) is 13.5. The van der Waals surface area contributed by atoms with Gasteiger partial charge in [-0.15, -0.1) is 0 Å². The van der Waals surface area contributed by atoms with Gasteiger partial charge >= 0.3 is 6.09 Å². The monoisotopic (exact) mass is 548 g/mol. The number of nitrogens with one attached hydrogen (secondary N) is 1. The van der Waals surface area contributed by atoms with Crippen molar-refractivity contribution in [3.05, 3.63) is 65.2 Å². The molecule has 0 aromatic heterocycles. The molecule has 0 radical (unpaired) electrons. The van der Waals surface area contributed by atoms with Crippen LogP contribution in [0.15, 0.2) is 48.5 Å². The second kappa shape index (κ2) is 12.2. The summed E-state index contributed by atoms with van der Waals surface area (Å²) in [6, 6.07) is 14.0. The Labute approximate surface area is 232 Å². The maximum absolute atomic E-state index is 13.0. The number of amides is 5. The first-order chi connectivity index (χ1) is 19.4. The SMILES string of the molecule is O=C1CCC(N2Cc3c(OCCCCN4CCN(C(=O)OCc5ccccc5)CC4=O)cccc3C2=O)C(=O)N1. The highest BCUT2D eigenvalue weighted by Gasteiger charge is 2.40. The van der Waals surface area contributed by atoms with Gasteiger partial charge in [0, 0.05) is 37.2 Å². The molecule has 40 heavy (non-hydrogen) atoms. The van der Waals surface area contributed by atoms with E-state index in [-0.39, 0.29) is 43.8 Å². The molecule has 1 N–H and O–H groups in total. The Morgan fingerprint density at radius 2 is 1.77 bits per heavy atom. The van der Waals surface area contributed by atoms with E-state index in [2.05, 4.69) is 5.32 Å². The number of unbranched alkanes of at least 4 members (excludes halogenated alkanes) is 1. The highest BCUT2D eigenvalue weighted by molar-refractivity contribution is 6.05. The highest BCUT2D eigenvalue weighted by Crippen LogP contribution is 2.33. The van der Waals surface area contributed by atoms with Crippen LogP contribution in [0.1, 0.15) is 47.2 Å². The molecule has 2 fully saturated rings. The number of nitrogens with zero attached hydrogens (tertiary/aromatic N) is 3. The predicted octanol–water partition coefficient (Wildman–Crippen LogP) is 2.09. The van der Waals surface area contributed by atoms with Crippen molar-refractivity contribution in [2.75, 3.05) is 32.8 Å². The van der Waals surface area contributed by atoms with Crippen LogP contribution in [0.4, 0.5) is 4.79 Å². The van der Waals surface area contributed by atoms with Crippen molar-refractivity contribution in [3.63, 3.8) is 0 Å². The van der Waals surface area contributed by atoms with Gasteiger partial charge < -0.3 is 19.3 Å². The number of hydrogen-bond donors (Lipinski definition) is 1. The number of ether oxygens (including phenoxy) is 2. The molecule has 1 atom stereocenters. The molecule has 5 rings (SSSR count). The van der Waals surface area contributed by atoms with E-state index in [0.717, 1.165) is 17.5 Å². The molecular weight excluding hydrogens is 516 g/mol. The van der Waals surface area contributed by atoms with Gasteiger partial charge in [0.05, 0.1) is 13.2 Å². The topological polar surface area (TPSA) is 126 Å². The smallest absolute Gasteiger partial charge is 0.410 e. The number of piperazine rings is 1. The fraction of sp³-hybridized carbons (Fsp3) is 0.414. The molecule has 3 aliphatic rings. The molecule has 0 saturated carbocycles. The fourth-order valence-corrected chi connectivity index (χ4v) is 5.19. The molecule has 11 nitrogen and oxygen atoms in total. The van der Waals surface area contributed by atoms with Crippen molar-refractivity contribution in [2.45, 2.75) is 44.9 Å². The number of rotatable bonds is 9. The summed E-state index contributed by atoms with van der Waals surface area (Å²) in [5.74, 6) is -0.522. The maximum Gasteiger partial charge on any atom is 0.410 e. The van der Waals surface area contributed by atoms with Crippen LogP contribution >= 0.6 is 0 Å². The lowest BCUT2D eigenvalue weighted by molar-refractivity contribution is -0.137. The van der Waals surface area contributed by atoms with Crippen LogP contribution in [0.25, 0.3) is 0 Å². The van der Waals surface area contributed by atoms with E-state index in [1.165, 1.54) is 9.80 Å². The van der Waals surface area contributed by atoms with E-state index >= 15 is 0 Å². The standard InChI is InChI=1S/C29H32N4O7/c34-25-12-11-23(27(36)30-25)33-17-22-21(28(33)37)9-6-10-24(22)39-16-5-4-13-31-14-15-32(18-26(31)35)29(38)40-19-20-7-2-1-3-8-20/h1-3,6-10,23H,4-5,11-19H2,(H,30,34,36). The average molecular weight is 549 g/mol. The van der Waals surface area contributed by atoms with Gasteiger partial charge in [-0.2, -0.15) is 0 Å². The van der Waals surface area contributed by atoms with Crippen LogP contribution in [0.2, 0.25) is 0 Å². The molecule has 0 aliphatic carbocycles. The van der Waals surface area contributed by atoms with E-state index in [4.69, 9.17) is 9.47 Å². The van der Waals surface area contributed by atoms with Gasteiger partial charge in [-0.1, -0.05) is 36.4 Å². The van der Waals surface area contributed by atoms with E-state index in [9.17, 15) is 24.0 Å². The molecule has 210 valence electrons. The van der Waals surface area contributed by atoms with Crippen molar-refractivity contribution in [2.24, 2.45) is 0 Å². The van der Waals surface area contributed by atoms with Crippen LogP contribution in [-0.4, -0.2) is 83.2 Å². The number of piperidine rings is 1. The minimum Gasteiger partial charge on any atom is -0.493 e.